The number of anilines is 2. The van der Waals surface area contributed by atoms with Gasteiger partial charge in [-0.05, 0) is 36.6 Å². The number of nitrogens with zero attached hydrogens (tertiary/aromatic N) is 4. The maximum Gasteiger partial charge on any atom is 0.268 e. The summed E-state index contributed by atoms with van der Waals surface area (Å²) in [7, 11) is 0.471. The van der Waals surface area contributed by atoms with Crippen LogP contribution in [0, 0.1) is 5.82 Å². The fourth-order valence-electron chi connectivity index (χ4n) is 5.80. The summed E-state index contributed by atoms with van der Waals surface area (Å²) in [4.78, 5) is 8.10. The number of sulfonamides is 1. The minimum absolute atomic E-state index is 0.0844. The molecule has 0 saturated carbocycles. The van der Waals surface area contributed by atoms with Crippen molar-refractivity contribution < 1.29 is 22.3 Å². The van der Waals surface area contributed by atoms with Crippen LogP contribution in [0.5, 0.6) is 11.5 Å². The second kappa shape index (κ2) is 13.7. The standard InChI is InChI=1S/C32H36ClFN4O4S2/c1-5-28(22-9-7-6-8-10-22)37-14-13-24(19-37)36(2)29-17-27(34)31(16-26(29)33)44(39,40)38(32-20-43-21-35-32)18-23-11-12-25(41-3)15-30(23)42-4/h6-12,15-17,20-21,24,28H,5,13-14,18-19H2,1-4H3/t24-,28+/m0/s1. The highest BCUT2D eigenvalue weighted by Crippen LogP contribution is 2.37. The van der Waals surface area contributed by atoms with Crippen LogP contribution in [0.2, 0.25) is 5.02 Å². The van der Waals surface area contributed by atoms with E-state index in [-0.39, 0.29) is 29.5 Å². The molecule has 44 heavy (non-hydrogen) atoms. The van der Waals surface area contributed by atoms with Gasteiger partial charge >= 0.3 is 0 Å². The van der Waals surface area contributed by atoms with E-state index in [1.165, 1.54) is 48.8 Å². The molecule has 0 unspecified atom stereocenters. The SMILES string of the molecule is CC[C@H](c1ccccc1)N1CC[C@H](N(C)c2cc(F)c(S(=O)(=O)N(Cc3ccc(OC)cc3OC)c3cscn3)cc2Cl)C1. The third-order valence-electron chi connectivity index (χ3n) is 8.19. The van der Waals surface area contributed by atoms with E-state index in [2.05, 4.69) is 41.1 Å². The fourth-order valence-corrected chi connectivity index (χ4v) is 8.24. The van der Waals surface area contributed by atoms with Gasteiger partial charge in [-0.25, -0.2) is 22.1 Å². The number of likely N-dealkylation sites (N-methyl/N-ethyl adjacent to an activating group) is 1. The number of ether oxygens (including phenoxy) is 2. The van der Waals surface area contributed by atoms with Crippen molar-refractivity contribution in [1.29, 1.82) is 0 Å². The van der Waals surface area contributed by atoms with Crippen molar-refractivity contribution in [3.8, 4) is 11.5 Å². The van der Waals surface area contributed by atoms with Crippen molar-refractivity contribution in [2.24, 2.45) is 0 Å². The number of methoxy groups -OCH3 is 2. The van der Waals surface area contributed by atoms with Gasteiger partial charge in [0.15, 0.2) is 5.82 Å². The Bertz CT molecular complexity index is 1680. The molecule has 12 heteroatoms. The predicted octanol–water partition coefficient (Wildman–Crippen LogP) is 7.01. The molecular formula is C32H36ClFN4O4S2. The number of rotatable bonds is 12. The lowest BCUT2D eigenvalue weighted by atomic mass is 10.0. The van der Waals surface area contributed by atoms with Crippen LogP contribution in [0.15, 0.2) is 76.4 Å². The first-order valence-electron chi connectivity index (χ1n) is 14.3. The number of benzene rings is 3. The number of likely N-dealkylation sites (tertiary alicyclic amines) is 1. The molecule has 1 fully saturated rings. The first kappa shape index (κ1) is 32.0. The Labute approximate surface area is 267 Å². The number of hydrogen-bond donors (Lipinski definition) is 0. The molecule has 0 spiro atoms. The lowest BCUT2D eigenvalue weighted by Gasteiger charge is -2.31. The summed E-state index contributed by atoms with van der Waals surface area (Å²) >= 11 is 7.96. The number of halogens is 2. The minimum Gasteiger partial charge on any atom is -0.497 e. The van der Waals surface area contributed by atoms with Gasteiger partial charge in [-0.3, -0.25) is 4.90 Å². The number of hydrogen-bond acceptors (Lipinski definition) is 8. The van der Waals surface area contributed by atoms with Gasteiger partial charge in [0.2, 0.25) is 0 Å². The molecule has 2 atom stereocenters. The second-order valence-electron chi connectivity index (χ2n) is 10.7. The zero-order valence-electron chi connectivity index (χ0n) is 25.1. The summed E-state index contributed by atoms with van der Waals surface area (Å²) < 4.78 is 55.8. The molecule has 0 amide bonds. The third-order valence-corrected chi connectivity index (χ3v) is 10.8. The van der Waals surface area contributed by atoms with Crippen LogP contribution >= 0.6 is 22.9 Å². The smallest absolute Gasteiger partial charge is 0.268 e. The lowest BCUT2D eigenvalue weighted by Crippen LogP contribution is -2.36. The van der Waals surface area contributed by atoms with E-state index in [1.807, 2.05) is 18.0 Å². The van der Waals surface area contributed by atoms with Crippen molar-refractivity contribution in [2.75, 3.05) is 43.6 Å². The Morgan fingerprint density at radius 2 is 1.91 bits per heavy atom. The summed E-state index contributed by atoms with van der Waals surface area (Å²) in [6.45, 7) is 3.71. The van der Waals surface area contributed by atoms with Gasteiger partial charge in [0.1, 0.15) is 22.2 Å². The van der Waals surface area contributed by atoms with Crippen LogP contribution in [0.4, 0.5) is 15.9 Å². The molecule has 3 aromatic carbocycles. The second-order valence-corrected chi connectivity index (χ2v) is 13.6. The molecule has 1 aliphatic heterocycles. The van der Waals surface area contributed by atoms with E-state index in [1.54, 1.807) is 23.6 Å². The molecule has 1 aliphatic rings. The van der Waals surface area contributed by atoms with Gasteiger partial charge in [0, 0.05) is 55.3 Å². The average Bonchev–Trinajstić information content (AvgIpc) is 3.74. The van der Waals surface area contributed by atoms with Gasteiger partial charge < -0.3 is 14.4 Å². The Hall–Kier alpha value is -3.38. The third kappa shape index (κ3) is 6.51. The molecule has 0 bridgehead atoms. The van der Waals surface area contributed by atoms with E-state index in [0.717, 1.165) is 30.2 Å². The highest BCUT2D eigenvalue weighted by atomic mass is 35.5. The van der Waals surface area contributed by atoms with Gasteiger partial charge in [-0.2, -0.15) is 0 Å². The molecule has 8 nitrogen and oxygen atoms in total. The van der Waals surface area contributed by atoms with Crippen LogP contribution in [0.3, 0.4) is 0 Å². The molecular weight excluding hydrogens is 623 g/mol. The van der Waals surface area contributed by atoms with Crippen molar-refractivity contribution >= 4 is 44.5 Å². The zero-order chi connectivity index (χ0) is 31.4. The van der Waals surface area contributed by atoms with Crippen LogP contribution in [-0.2, 0) is 16.6 Å². The number of aromatic nitrogens is 1. The Balaban J connectivity index is 1.41. The average molecular weight is 659 g/mol. The molecule has 4 aromatic rings. The maximum atomic E-state index is 15.9. The Kier molecular flexibility index (Phi) is 9.99. The largest absolute Gasteiger partial charge is 0.497 e. The summed E-state index contributed by atoms with van der Waals surface area (Å²) in [5, 5.41) is 1.75. The Morgan fingerprint density at radius 3 is 2.57 bits per heavy atom. The van der Waals surface area contributed by atoms with Gasteiger partial charge in [0.05, 0.1) is 37.0 Å². The quantitative estimate of drug-likeness (QED) is 0.162. The molecule has 2 heterocycles. The summed E-state index contributed by atoms with van der Waals surface area (Å²) in [5.41, 5.74) is 3.80. The normalized spacial score (nSPS) is 16.1. The first-order valence-corrected chi connectivity index (χ1v) is 17.1. The highest BCUT2D eigenvalue weighted by Gasteiger charge is 2.34. The van der Waals surface area contributed by atoms with Crippen LogP contribution in [0.1, 0.15) is 36.9 Å². The van der Waals surface area contributed by atoms with Crippen LogP contribution < -0.4 is 18.7 Å². The molecule has 1 saturated heterocycles. The molecule has 1 aromatic heterocycles. The highest BCUT2D eigenvalue weighted by molar-refractivity contribution is 7.92. The minimum atomic E-state index is -4.43. The van der Waals surface area contributed by atoms with Crippen LogP contribution in [-0.4, -0.2) is 58.7 Å². The van der Waals surface area contributed by atoms with Gasteiger partial charge in [0.25, 0.3) is 10.0 Å². The number of thiazole rings is 1. The van der Waals surface area contributed by atoms with Crippen molar-refractivity contribution in [2.45, 2.75) is 43.3 Å². The van der Waals surface area contributed by atoms with E-state index < -0.39 is 20.7 Å². The fraction of sp³-hybridized carbons (Fsp3) is 0.344. The molecule has 234 valence electrons. The molecule has 0 aliphatic carbocycles. The van der Waals surface area contributed by atoms with Gasteiger partial charge in [-0.1, -0.05) is 48.9 Å². The molecule has 0 radical (unpaired) electrons. The van der Waals surface area contributed by atoms with E-state index in [0.29, 0.717) is 22.7 Å². The monoisotopic (exact) mass is 658 g/mol. The zero-order valence-corrected chi connectivity index (χ0v) is 27.5. The topological polar surface area (TPSA) is 75.2 Å². The van der Waals surface area contributed by atoms with Crippen molar-refractivity contribution in [1.82, 2.24) is 9.88 Å². The van der Waals surface area contributed by atoms with E-state index in [4.69, 9.17) is 21.1 Å². The van der Waals surface area contributed by atoms with Crippen molar-refractivity contribution in [3.63, 3.8) is 0 Å². The summed E-state index contributed by atoms with van der Waals surface area (Å²) in [5.74, 6) is 0.267. The lowest BCUT2D eigenvalue weighted by molar-refractivity contribution is 0.236. The maximum absolute atomic E-state index is 15.9. The molecule has 0 N–H and O–H groups in total. The van der Waals surface area contributed by atoms with Crippen LogP contribution in [0.25, 0.3) is 0 Å². The van der Waals surface area contributed by atoms with Crippen molar-refractivity contribution in [3.05, 3.63) is 93.5 Å². The van der Waals surface area contributed by atoms with E-state index in [9.17, 15) is 8.42 Å². The predicted molar refractivity (Wildman–Crippen MR) is 174 cm³/mol. The van der Waals surface area contributed by atoms with E-state index >= 15 is 4.39 Å². The Morgan fingerprint density at radius 1 is 1.14 bits per heavy atom. The molecule has 5 rings (SSSR count). The van der Waals surface area contributed by atoms with Gasteiger partial charge in [-0.15, -0.1) is 11.3 Å². The summed E-state index contributed by atoms with van der Waals surface area (Å²) in [6.07, 6.45) is 1.85. The first-order chi connectivity index (χ1) is 21.2. The summed E-state index contributed by atoms with van der Waals surface area (Å²) in [6, 6.07) is 18.3.